The highest BCUT2D eigenvalue weighted by Crippen LogP contribution is 2.51. The highest BCUT2D eigenvalue weighted by atomic mass is 32.2. The smallest absolute Gasteiger partial charge is 0.248 e. The van der Waals surface area contributed by atoms with Gasteiger partial charge in [0.2, 0.25) is 11.8 Å². The van der Waals surface area contributed by atoms with Crippen LogP contribution in [-0.2, 0) is 27.7 Å². The van der Waals surface area contributed by atoms with Gasteiger partial charge in [0.05, 0.1) is 11.5 Å². The molecule has 2 aromatic carbocycles. The zero-order valence-corrected chi connectivity index (χ0v) is 21.8. The van der Waals surface area contributed by atoms with E-state index in [1.807, 2.05) is 37.3 Å². The molecule has 2 aromatic rings. The molecule has 6 nitrogen and oxygen atoms in total. The number of piperidine rings is 1. The molecule has 6 rings (SSSR count). The number of ether oxygens (including phenoxy) is 1. The first-order valence-corrected chi connectivity index (χ1v) is 14.7. The number of hydrogen-bond donors (Lipinski definition) is 1. The van der Waals surface area contributed by atoms with Crippen LogP contribution in [0.2, 0.25) is 0 Å². The van der Waals surface area contributed by atoms with E-state index in [1.54, 1.807) is 21.3 Å². The second kappa shape index (κ2) is 9.05. The van der Waals surface area contributed by atoms with E-state index in [1.165, 1.54) is 0 Å². The van der Waals surface area contributed by atoms with Crippen LogP contribution >= 0.6 is 0 Å². The molecule has 2 aliphatic carbocycles. The van der Waals surface area contributed by atoms with Crippen LogP contribution in [-0.4, -0.2) is 50.0 Å². The van der Waals surface area contributed by atoms with E-state index in [0.29, 0.717) is 17.9 Å². The predicted octanol–water partition coefficient (Wildman–Crippen LogP) is 5.32. The number of amides is 1. The first-order valence-electron chi connectivity index (χ1n) is 13.2. The zero-order chi connectivity index (χ0) is 25.9. The van der Waals surface area contributed by atoms with E-state index in [4.69, 9.17) is 9.52 Å². The lowest BCUT2D eigenvalue weighted by Gasteiger charge is -2.40. The molecular weight excluding hydrogens is 496 g/mol. The molecule has 198 valence electrons. The molecule has 37 heavy (non-hydrogen) atoms. The predicted molar refractivity (Wildman–Crippen MR) is 136 cm³/mol. The Morgan fingerprint density at radius 3 is 2.62 bits per heavy atom. The number of carbonyl (C=O) groups excluding carboxylic acids is 1. The van der Waals surface area contributed by atoms with Crippen molar-refractivity contribution in [3.8, 4) is 5.75 Å². The number of nitrogens with one attached hydrogen (secondary N) is 1. The van der Waals surface area contributed by atoms with Crippen LogP contribution in [0.3, 0.4) is 0 Å². The van der Waals surface area contributed by atoms with Crippen molar-refractivity contribution < 1.29 is 22.5 Å². The van der Waals surface area contributed by atoms with Gasteiger partial charge in [-0.3, -0.25) is 4.79 Å². The lowest BCUT2D eigenvalue weighted by atomic mass is 9.90. The van der Waals surface area contributed by atoms with Gasteiger partial charge in [-0.15, -0.1) is 0 Å². The van der Waals surface area contributed by atoms with Gasteiger partial charge in [-0.05, 0) is 67.9 Å². The summed E-state index contributed by atoms with van der Waals surface area (Å²) in [6.45, 7) is 2.86. The van der Waals surface area contributed by atoms with Gasteiger partial charge in [-0.1, -0.05) is 29.8 Å². The molecule has 1 amide bonds. The van der Waals surface area contributed by atoms with Gasteiger partial charge in [0, 0.05) is 37.9 Å². The Morgan fingerprint density at radius 1 is 1.16 bits per heavy atom. The van der Waals surface area contributed by atoms with Crippen LogP contribution in [0, 0.1) is 17.6 Å². The highest BCUT2D eigenvalue weighted by Gasteiger charge is 2.58. The molecule has 0 bridgehead atoms. The van der Waals surface area contributed by atoms with Gasteiger partial charge in [0.15, 0.2) is 0 Å². The van der Waals surface area contributed by atoms with Crippen LogP contribution in [0.25, 0.3) is 0 Å². The lowest BCUT2D eigenvalue weighted by molar-refractivity contribution is -0.141. The highest BCUT2D eigenvalue weighted by molar-refractivity contribution is 7.90. The molecular formula is C28H33F2N3O3S. The molecule has 4 atom stereocenters. The van der Waals surface area contributed by atoms with Gasteiger partial charge < -0.3 is 9.64 Å². The second-order valence-electron chi connectivity index (χ2n) is 11.1. The number of rotatable bonds is 6. The Balaban J connectivity index is 1.30. The van der Waals surface area contributed by atoms with E-state index in [0.717, 1.165) is 35.3 Å². The third-order valence-electron chi connectivity index (χ3n) is 8.49. The number of nitrogens with zero attached hydrogens (tertiary/aromatic N) is 2. The number of aryl methyl sites for hydroxylation is 1. The molecule has 2 aliphatic heterocycles. The number of alkyl halides is 2. The summed E-state index contributed by atoms with van der Waals surface area (Å²) >= 11 is 0. The Morgan fingerprint density at radius 2 is 1.89 bits per heavy atom. The van der Waals surface area contributed by atoms with Crippen LogP contribution in [0.15, 0.2) is 47.4 Å². The number of fused-ring (bicyclic) bond motifs is 2. The summed E-state index contributed by atoms with van der Waals surface area (Å²) in [5.41, 5.74) is 3.04. The Hall–Kier alpha value is -2.52. The topological polar surface area (TPSA) is 73.7 Å². The standard InChI is InChI=1S/C28H33F2N3O3S/c1-18-2-6-23(7-3-18)37(31,35)33-24-15-21(24)16-25(33)27(34)32(22-8-11-28(29,30)12-9-22)17-19-4-5-20-10-13-36-26(20)14-19/h2-7,14,21-22,24-25,31H,8-13,15-17H2,1H3/t21-,24-,25+,37?/m1/s1. The van der Waals surface area contributed by atoms with Crippen molar-refractivity contribution in [1.29, 1.82) is 4.78 Å². The van der Waals surface area contributed by atoms with Crippen LogP contribution in [0.5, 0.6) is 5.75 Å². The minimum atomic E-state index is -3.38. The summed E-state index contributed by atoms with van der Waals surface area (Å²) in [6, 6.07) is 12.0. The van der Waals surface area contributed by atoms with Crippen molar-refractivity contribution in [1.82, 2.24) is 9.21 Å². The molecule has 4 aliphatic rings. The monoisotopic (exact) mass is 529 g/mol. The first-order chi connectivity index (χ1) is 17.6. The molecule has 3 fully saturated rings. The Bertz CT molecular complexity index is 1300. The van der Waals surface area contributed by atoms with Gasteiger partial charge in [-0.2, -0.15) is 4.31 Å². The quantitative estimate of drug-likeness (QED) is 0.551. The van der Waals surface area contributed by atoms with E-state index >= 15 is 0 Å². The van der Waals surface area contributed by atoms with Crippen LogP contribution < -0.4 is 4.74 Å². The van der Waals surface area contributed by atoms with Gasteiger partial charge in [0.25, 0.3) is 0 Å². The summed E-state index contributed by atoms with van der Waals surface area (Å²) in [7, 11) is -3.38. The van der Waals surface area contributed by atoms with E-state index in [2.05, 4.69) is 0 Å². The van der Waals surface area contributed by atoms with Crippen molar-refractivity contribution in [2.45, 2.75) is 87.4 Å². The SMILES string of the molecule is Cc1ccc(S(=N)(=O)N2[C@@H]3C[C@@H]3C[C@H]2C(=O)N(Cc2ccc3c(c2)OCC3)C2CCC(F)(F)CC2)cc1. The maximum absolute atomic E-state index is 14.2. The molecule has 1 saturated heterocycles. The van der Waals surface area contributed by atoms with E-state index in [9.17, 15) is 17.8 Å². The average Bonchev–Trinajstić information content (AvgIpc) is 3.28. The zero-order valence-electron chi connectivity index (χ0n) is 21.0. The molecule has 1 N–H and O–H groups in total. The summed E-state index contributed by atoms with van der Waals surface area (Å²) in [4.78, 5) is 16.4. The molecule has 0 aromatic heterocycles. The second-order valence-corrected chi connectivity index (χ2v) is 13.1. The van der Waals surface area contributed by atoms with Crippen molar-refractivity contribution >= 4 is 15.8 Å². The molecule has 0 radical (unpaired) electrons. The number of benzene rings is 2. The number of carbonyl (C=O) groups is 1. The van der Waals surface area contributed by atoms with Crippen molar-refractivity contribution in [2.75, 3.05) is 6.61 Å². The summed E-state index contributed by atoms with van der Waals surface area (Å²) < 4.78 is 58.3. The Labute approximate surface area is 217 Å². The minimum absolute atomic E-state index is 0.0498. The minimum Gasteiger partial charge on any atom is -0.493 e. The molecule has 2 saturated carbocycles. The van der Waals surface area contributed by atoms with Gasteiger partial charge >= 0.3 is 0 Å². The summed E-state index contributed by atoms with van der Waals surface area (Å²) in [6.07, 6.45) is 2.22. The molecule has 2 heterocycles. The van der Waals surface area contributed by atoms with Crippen molar-refractivity contribution in [3.63, 3.8) is 0 Å². The normalized spacial score (nSPS) is 28.1. The number of hydrogen-bond acceptors (Lipinski definition) is 4. The fourth-order valence-electron chi connectivity index (χ4n) is 6.26. The molecule has 9 heteroatoms. The fraction of sp³-hybridized carbons (Fsp3) is 0.536. The van der Waals surface area contributed by atoms with Crippen molar-refractivity contribution in [3.05, 3.63) is 59.2 Å². The van der Waals surface area contributed by atoms with Gasteiger partial charge in [-0.25, -0.2) is 17.8 Å². The maximum Gasteiger partial charge on any atom is 0.248 e. The molecule has 0 spiro atoms. The Kier molecular flexibility index (Phi) is 6.06. The van der Waals surface area contributed by atoms with Gasteiger partial charge in [0.1, 0.15) is 21.7 Å². The van der Waals surface area contributed by atoms with Crippen molar-refractivity contribution in [2.24, 2.45) is 5.92 Å². The van der Waals surface area contributed by atoms with E-state index < -0.39 is 21.9 Å². The summed E-state index contributed by atoms with van der Waals surface area (Å²) in [5, 5.41) is 0. The lowest BCUT2D eigenvalue weighted by Crippen LogP contribution is -2.53. The summed E-state index contributed by atoms with van der Waals surface area (Å²) in [5.74, 6) is -1.83. The largest absolute Gasteiger partial charge is 0.493 e. The maximum atomic E-state index is 14.2. The third kappa shape index (κ3) is 4.65. The first kappa shape index (κ1) is 24.8. The third-order valence-corrected chi connectivity index (χ3v) is 10.5. The number of halogens is 2. The fourth-order valence-corrected chi connectivity index (χ4v) is 8.19. The average molecular weight is 530 g/mol. The van der Waals surface area contributed by atoms with Crippen LogP contribution in [0.4, 0.5) is 8.78 Å². The van der Waals surface area contributed by atoms with E-state index in [-0.39, 0.29) is 56.1 Å². The van der Waals surface area contributed by atoms with Crippen LogP contribution in [0.1, 0.15) is 55.2 Å². The molecule has 1 unspecified atom stereocenters.